The smallest absolute Gasteiger partial charge is 0.272 e. The number of carbonyl (C=O) groups excluding carboxylic acids is 2. The molecule has 4 atom stereocenters. The zero-order chi connectivity index (χ0) is 20.0. The van der Waals surface area contributed by atoms with E-state index in [4.69, 9.17) is 5.73 Å². The summed E-state index contributed by atoms with van der Waals surface area (Å²) >= 11 is 0. The minimum atomic E-state index is -0.458. The van der Waals surface area contributed by atoms with Crippen LogP contribution < -0.4 is 5.73 Å². The number of halogens is 1. The summed E-state index contributed by atoms with van der Waals surface area (Å²) in [6.45, 7) is 3.59. The third kappa shape index (κ3) is 3.83. The van der Waals surface area contributed by atoms with Gasteiger partial charge in [-0.3, -0.25) is 19.7 Å². The van der Waals surface area contributed by atoms with E-state index in [1.54, 1.807) is 17.9 Å². The molecule has 3 aliphatic rings. The molecular weight excluding hydrogens is 396 g/mol. The Hall–Kier alpha value is -2.19. The maximum atomic E-state index is 13.1. The molecule has 2 aliphatic heterocycles. The number of hydrogen-bond acceptors (Lipinski definition) is 5. The van der Waals surface area contributed by atoms with Gasteiger partial charge < -0.3 is 15.5 Å². The fourth-order valence-electron chi connectivity index (χ4n) is 5.12. The van der Waals surface area contributed by atoms with Crippen LogP contribution in [0.1, 0.15) is 41.6 Å². The quantitative estimate of drug-likeness (QED) is 0.592. The first-order valence-electron chi connectivity index (χ1n) is 9.97. The molecule has 4 unspecified atom stereocenters. The Bertz CT molecular complexity index is 833. The molecular formula is C20H27ClN4O4. The number of carbonyl (C=O) groups is 2. The van der Waals surface area contributed by atoms with E-state index in [1.165, 1.54) is 12.1 Å². The maximum Gasteiger partial charge on any atom is 0.272 e. The van der Waals surface area contributed by atoms with E-state index in [-0.39, 0.29) is 36.0 Å². The lowest BCUT2D eigenvalue weighted by Crippen LogP contribution is -2.47. The molecule has 1 aliphatic carbocycles. The van der Waals surface area contributed by atoms with Crippen LogP contribution >= 0.6 is 12.4 Å². The van der Waals surface area contributed by atoms with Crippen LogP contribution in [-0.4, -0.2) is 58.3 Å². The summed E-state index contributed by atoms with van der Waals surface area (Å²) in [7, 11) is 0. The number of fused-ring (bicyclic) bond motifs is 1. The number of aryl methyl sites for hydroxylation is 1. The number of rotatable bonds is 3. The van der Waals surface area contributed by atoms with Gasteiger partial charge in [0, 0.05) is 42.9 Å². The number of nitro benzene ring substituents is 1. The predicted octanol–water partition coefficient (Wildman–Crippen LogP) is 2.13. The van der Waals surface area contributed by atoms with Crippen molar-refractivity contribution in [2.45, 2.75) is 44.7 Å². The highest BCUT2D eigenvalue weighted by molar-refractivity contribution is 5.98. The molecule has 29 heavy (non-hydrogen) atoms. The van der Waals surface area contributed by atoms with Gasteiger partial charge in [-0.1, -0.05) is 0 Å². The lowest BCUT2D eigenvalue weighted by molar-refractivity contribution is -0.385. The first-order chi connectivity index (χ1) is 13.4. The number of nitrogens with zero attached hydrogens (tertiary/aromatic N) is 3. The average molecular weight is 423 g/mol. The molecule has 8 nitrogen and oxygen atoms in total. The average Bonchev–Trinajstić information content (AvgIpc) is 3.37. The molecule has 2 N–H and O–H groups in total. The van der Waals surface area contributed by atoms with Crippen LogP contribution in [0.5, 0.6) is 0 Å². The molecule has 0 spiro atoms. The van der Waals surface area contributed by atoms with E-state index in [0.717, 1.165) is 25.8 Å². The van der Waals surface area contributed by atoms with Crippen molar-refractivity contribution in [1.29, 1.82) is 0 Å². The van der Waals surface area contributed by atoms with Gasteiger partial charge in [-0.05, 0) is 56.6 Å². The molecule has 0 aromatic heterocycles. The molecule has 2 amide bonds. The van der Waals surface area contributed by atoms with Gasteiger partial charge in [0.25, 0.3) is 11.6 Å². The van der Waals surface area contributed by atoms with Crippen LogP contribution in [0.25, 0.3) is 0 Å². The summed E-state index contributed by atoms with van der Waals surface area (Å²) in [4.78, 5) is 40.2. The minimum absolute atomic E-state index is 0. The van der Waals surface area contributed by atoms with Crippen molar-refractivity contribution >= 4 is 29.9 Å². The summed E-state index contributed by atoms with van der Waals surface area (Å²) in [5.74, 6) is 0.657. The second kappa shape index (κ2) is 8.28. The van der Waals surface area contributed by atoms with E-state index in [9.17, 15) is 19.7 Å². The number of hydrogen-bond donors (Lipinski definition) is 1. The molecule has 3 fully saturated rings. The molecule has 2 saturated heterocycles. The van der Waals surface area contributed by atoms with Crippen molar-refractivity contribution in [3.8, 4) is 0 Å². The van der Waals surface area contributed by atoms with Crippen molar-refractivity contribution in [3.05, 3.63) is 39.4 Å². The van der Waals surface area contributed by atoms with Gasteiger partial charge >= 0.3 is 0 Å². The lowest BCUT2D eigenvalue weighted by Gasteiger charge is -2.28. The first kappa shape index (κ1) is 21.5. The Morgan fingerprint density at radius 1 is 1.21 bits per heavy atom. The molecule has 0 radical (unpaired) electrons. The predicted molar refractivity (Wildman–Crippen MR) is 110 cm³/mol. The molecule has 1 aromatic carbocycles. The van der Waals surface area contributed by atoms with Crippen molar-refractivity contribution in [1.82, 2.24) is 9.80 Å². The van der Waals surface area contributed by atoms with Crippen molar-refractivity contribution in [3.63, 3.8) is 0 Å². The number of likely N-dealkylation sites (tertiary alicyclic amines) is 2. The second-order valence-corrected chi connectivity index (χ2v) is 8.32. The third-order valence-corrected chi connectivity index (χ3v) is 6.66. The SMILES string of the molecule is Cc1cc(C(=O)N2CCCC2C(=O)N2CC3CCC(N)C3C2)ccc1[N+](=O)[O-].Cl. The maximum absolute atomic E-state index is 13.1. The standard InChI is InChI=1S/C20H26N4O4.ClH/c1-12-9-13(5-7-17(12)24(27)28)19(25)23-8-2-3-18(23)20(26)22-10-14-4-6-16(21)15(14)11-22;/h5,7,9,14-16,18H,2-4,6,8,10-11,21H2,1H3;1H. The molecule has 0 bridgehead atoms. The fourth-order valence-corrected chi connectivity index (χ4v) is 5.12. The minimum Gasteiger partial charge on any atom is -0.340 e. The van der Waals surface area contributed by atoms with Crippen LogP contribution in [0.2, 0.25) is 0 Å². The Labute approximate surface area is 176 Å². The van der Waals surface area contributed by atoms with Crippen molar-refractivity contribution in [2.24, 2.45) is 17.6 Å². The zero-order valence-corrected chi connectivity index (χ0v) is 17.3. The van der Waals surface area contributed by atoms with Gasteiger partial charge in [-0.2, -0.15) is 0 Å². The van der Waals surface area contributed by atoms with Gasteiger partial charge in [0.2, 0.25) is 5.91 Å². The second-order valence-electron chi connectivity index (χ2n) is 8.32. The molecule has 1 aromatic rings. The van der Waals surface area contributed by atoms with Gasteiger partial charge in [-0.15, -0.1) is 12.4 Å². The number of benzene rings is 1. The van der Waals surface area contributed by atoms with Crippen molar-refractivity contribution < 1.29 is 14.5 Å². The third-order valence-electron chi connectivity index (χ3n) is 6.66. The normalized spacial score (nSPS) is 28.2. The molecule has 1 saturated carbocycles. The number of amides is 2. The van der Waals surface area contributed by atoms with Gasteiger partial charge in [-0.25, -0.2) is 0 Å². The lowest BCUT2D eigenvalue weighted by atomic mass is 9.98. The Balaban J connectivity index is 0.00000240. The summed E-state index contributed by atoms with van der Waals surface area (Å²) in [6.07, 6.45) is 3.55. The van der Waals surface area contributed by atoms with E-state index < -0.39 is 11.0 Å². The monoisotopic (exact) mass is 422 g/mol. The van der Waals surface area contributed by atoms with E-state index in [1.807, 2.05) is 4.90 Å². The van der Waals surface area contributed by atoms with Crippen LogP contribution in [-0.2, 0) is 4.79 Å². The van der Waals surface area contributed by atoms with Crippen molar-refractivity contribution in [2.75, 3.05) is 19.6 Å². The molecule has 2 heterocycles. The summed E-state index contributed by atoms with van der Waals surface area (Å²) in [5.41, 5.74) is 7.01. The fraction of sp³-hybridized carbons (Fsp3) is 0.600. The number of nitrogens with two attached hydrogens (primary N) is 1. The highest BCUT2D eigenvalue weighted by Gasteiger charge is 2.45. The van der Waals surface area contributed by atoms with Crippen LogP contribution in [0.3, 0.4) is 0 Å². The van der Waals surface area contributed by atoms with Crippen LogP contribution in [0.4, 0.5) is 5.69 Å². The molecule has 4 rings (SSSR count). The molecule has 9 heteroatoms. The molecule has 158 valence electrons. The number of nitro groups is 1. The summed E-state index contributed by atoms with van der Waals surface area (Å²) in [5, 5.41) is 11.0. The largest absolute Gasteiger partial charge is 0.340 e. The zero-order valence-electron chi connectivity index (χ0n) is 16.5. The highest BCUT2D eigenvalue weighted by Crippen LogP contribution is 2.38. The highest BCUT2D eigenvalue weighted by atomic mass is 35.5. The summed E-state index contributed by atoms with van der Waals surface area (Å²) in [6, 6.07) is 4.11. The van der Waals surface area contributed by atoms with E-state index >= 15 is 0 Å². The Morgan fingerprint density at radius 3 is 2.62 bits per heavy atom. The van der Waals surface area contributed by atoms with E-state index in [0.29, 0.717) is 42.5 Å². The summed E-state index contributed by atoms with van der Waals surface area (Å²) < 4.78 is 0. The van der Waals surface area contributed by atoms with Gasteiger partial charge in [0.15, 0.2) is 0 Å². The Kier molecular flexibility index (Phi) is 6.14. The van der Waals surface area contributed by atoms with Gasteiger partial charge in [0.1, 0.15) is 6.04 Å². The topological polar surface area (TPSA) is 110 Å². The van der Waals surface area contributed by atoms with Gasteiger partial charge in [0.05, 0.1) is 4.92 Å². The Morgan fingerprint density at radius 2 is 1.97 bits per heavy atom. The van der Waals surface area contributed by atoms with E-state index in [2.05, 4.69) is 0 Å². The first-order valence-corrected chi connectivity index (χ1v) is 9.97. The van der Waals surface area contributed by atoms with Crippen LogP contribution in [0.15, 0.2) is 18.2 Å². The van der Waals surface area contributed by atoms with Crippen LogP contribution in [0, 0.1) is 28.9 Å².